The smallest absolute Gasteiger partial charge is 0.205 e. The number of nitrogens with zero attached hydrogens (tertiary/aromatic N) is 5. The number of para-hydroxylation sites is 1. The van der Waals surface area contributed by atoms with Crippen LogP contribution in [0.25, 0.3) is 54.6 Å². The Morgan fingerprint density at radius 2 is 1.31 bits per heavy atom. The Hall–Kier alpha value is -5.26. The monoisotopic (exact) mass is 447 g/mol. The molecule has 5 nitrogen and oxygen atoms in total. The zero-order valence-electron chi connectivity index (χ0n) is 18.6. The van der Waals surface area contributed by atoms with Crippen molar-refractivity contribution in [3.63, 3.8) is 0 Å². The molecule has 3 aromatic carbocycles. The molecule has 0 bridgehead atoms. The minimum absolute atomic E-state index is 0.518. The highest BCUT2D eigenvalue weighted by molar-refractivity contribution is 6.11. The van der Waals surface area contributed by atoms with Crippen LogP contribution in [0.3, 0.4) is 0 Å². The molecule has 0 N–H and O–H groups in total. The second kappa shape index (κ2) is 8.26. The Balaban J connectivity index is 1.64. The average Bonchev–Trinajstić information content (AvgIpc) is 3.26. The van der Waals surface area contributed by atoms with E-state index in [4.69, 9.17) is 6.57 Å². The zero-order chi connectivity index (χ0) is 23.8. The van der Waals surface area contributed by atoms with Gasteiger partial charge in [-0.2, -0.15) is 5.26 Å². The van der Waals surface area contributed by atoms with Gasteiger partial charge < -0.3 is 4.57 Å². The van der Waals surface area contributed by atoms with E-state index in [0.717, 1.165) is 49.7 Å². The number of aromatic nitrogens is 3. The Morgan fingerprint density at radius 3 is 1.94 bits per heavy atom. The van der Waals surface area contributed by atoms with Crippen LogP contribution in [-0.2, 0) is 0 Å². The van der Waals surface area contributed by atoms with Crippen LogP contribution in [0, 0.1) is 17.9 Å². The second-order valence-corrected chi connectivity index (χ2v) is 8.25. The first kappa shape index (κ1) is 20.4. The maximum absolute atomic E-state index is 9.31. The summed E-state index contributed by atoms with van der Waals surface area (Å²) in [5.41, 5.74) is 8.05. The van der Waals surface area contributed by atoms with Crippen molar-refractivity contribution in [3.8, 4) is 34.0 Å². The van der Waals surface area contributed by atoms with E-state index in [2.05, 4.69) is 74.0 Å². The summed E-state index contributed by atoms with van der Waals surface area (Å²) < 4.78 is 2.26. The zero-order valence-corrected chi connectivity index (χ0v) is 18.6. The Bertz CT molecular complexity index is 1700. The lowest BCUT2D eigenvalue weighted by atomic mass is 10.0. The number of benzene rings is 3. The van der Waals surface area contributed by atoms with Crippen molar-refractivity contribution >= 4 is 27.5 Å². The highest BCUT2D eigenvalue weighted by atomic mass is 15.0. The molecule has 0 fully saturated rings. The lowest BCUT2D eigenvalue weighted by molar-refractivity contribution is 1.18. The standard InChI is InChI=1S/C30H17N5/c1-32-25-12-24(18-34-19-25)22-8-10-28-27-9-7-21(23-11-20(15-31)16-33-17-23)13-29(27)35(30(28)14-22)26-5-3-2-4-6-26/h2-14,16-19H. The maximum atomic E-state index is 9.31. The van der Waals surface area contributed by atoms with Gasteiger partial charge in [-0.05, 0) is 53.1 Å². The van der Waals surface area contributed by atoms with Gasteiger partial charge >= 0.3 is 0 Å². The molecule has 0 saturated heterocycles. The van der Waals surface area contributed by atoms with Crippen LogP contribution in [0.15, 0.2) is 104 Å². The van der Waals surface area contributed by atoms with E-state index in [1.54, 1.807) is 24.8 Å². The van der Waals surface area contributed by atoms with Gasteiger partial charge in [-0.25, -0.2) is 4.85 Å². The predicted octanol–water partition coefficient (Wildman–Crippen LogP) is 7.33. The molecule has 35 heavy (non-hydrogen) atoms. The van der Waals surface area contributed by atoms with Crippen molar-refractivity contribution in [1.82, 2.24) is 14.5 Å². The van der Waals surface area contributed by atoms with E-state index in [1.165, 1.54) is 0 Å². The molecule has 0 atom stereocenters. The summed E-state index contributed by atoms with van der Waals surface area (Å²) >= 11 is 0. The fourth-order valence-electron chi connectivity index (χ4n) is 4.54. The number of pyridine rings is 2. The summed E-state index contributed by atoms with van der Waals surface area (Å²) in [5, 5.41) is 11.6. The van der Waals surface area contributed by atoms with Gasteiger partial charge in [0.2, 0.25) is 5.69 Å². The Morgan fingerprint density at radius 1 is 0.686 bits per heavy atom. The highest BCUT2D eigenvalue weighted by Crippen LogP contribution is 2.37. The third kappa shape index (κ3) is 3.49. The summed E-state index contributed by atoms with van der Waals surface area (Å²) in [4.78, 5) is 12.0. The normalized spacial score (nSPS) is 10.8. The first-order chi connectivity index (χ1) is 17.2. The van der Waals surface area contributed by atoms with E-state index >= 15 is 0 Å². The molecule has 0 radical (unpaired) electrons. The molecule has 6 rings (SSSR count). The lowest BCUT2D eigenvalue weighted by Crippen LogP contribution is -1.94. The summed E-state index contributed by atoms with van der Waals surface area (Å²) in [6.45, 7) is 7.33. The minimum Gasteiger partial charge on any atom is -0.309 e. The summed E-state index contributed by atoms with van der Waals surface area (Å²) in [7, 11) is 0. The van der Waals surface area contributed by atoms with E-state index in [1.807, 2.05) is 30.3 Å². The molecular formula is C30H17N5. The Kier molecular flexibility index (Phi) is 4.80. The third-order valence-electron chi connectivity index (χ3n) is 6.17. The molecule has 3 heterocycles. The number of rotatable bonds is 3. The van der Waals surface area contributed by atoms with Crippen molar-refractivity contribution in [2.24, 2.45) is 0 Å². The average molecular weight is 448 g/mol. The SMILES string of the molecule is [C-]#[N+]c1cncc(-c2ccc3c4ccc(-c5cncc(C#N)c5)cc4n(-c4ccccc4)c3c2)c1. The second-order valence-electron chi connectivity index (χ2n) is 8.25. The van der Waals surface area contributed by atoms with Gasteiger partial charge in [0.1, 0.15) is 6.07 Å². The minimum atomic E-state index is 0.518. The summed E-state index contributed by atoms with van der Waals surface area (Å²) in [6, 6.07) is 28.9. The van der Waals surface area contributed by atoms with Gasteiger partial charge in [-0.1, -0.05) is 42.5 Å². The van der Waals surface area contributed by atoms with Crippen LogP contribution in [0.4, 0.5) is 5.69 Å². The van der Waals surface area contributed by atoms with Gasteiger partial charge in [0.15, 0.2) is 0 Å². The predicted molar refractivity (Wildman–Crippen MR) is 138 cm³/mol. The van der Waals surface area contributed by atoms with Crippen molar-refractivity contribution in [3.05, 3.63) is 121 Å². The van der Waals surface area contributed by atoms with Crippen molar-refractivity contribution in [2.45, 2.75) is 0 Å². The molecule has 0 spiro atoms. The van der Waals surface area contributed by atoms with Gasteiger partial charge in [-0.15, -0.1) is 0 Å². The molecular weight excluding hydrogens is 430 g/mol. The molecule has 5 heteroatoms. The molecule has 0 saturated carbocycles. The van der Waals surface area contributed by atoms with E-state index in [-0.39, 0.29) is 0 Å². The van der Waals surface area contributed by atoms with E-state index < -0.39 is 0 Å². The molecule has 0 aliphatic heterocycles. The number of fused-ring (bicyclic) bond motifs is 3. The quantitative estimate of drug-likeness (QED) is 0.267. The van der Waals surface area contributed by atoms with E-state index in [9.17, 15) is 5.26 Å². The number of hydrogen-bond donors (Lipinski definition) is 0. The van der Waals surface area contributed by atoms with Gasteiger partial charge in [0.05, 0.1) is 23.2 Å². The first-order valence-corrected chi connectivity index (χ1v) is 11.1. The molecule has 6 aromatic rings. The molecule has 0 aliphatic rings. The molecule has 0 amide bonds. The largest absolute Gasteiger partial charge is 0.309 e. The molecule has 0 aliphatic carbocycles. The molecule has 3 aromatic heterocycles. The van der Waals surface area contributed by atoms with Gasteiger partial charge in [-0.3, -0.25) is 9.97 Å². The first-order valence-electron chi connectivity index (χ1n) is 11.1. The molecule has 162 valence electrons. The topological polar surface area (TPSA) is 58.9 Å². The molecule has 0 unspecified atom stereocenters. The number of hydrogen-bond acceptors (Lipinski definition) is 3. The highest BCUT2D eigenvalue weighted by Gasteiger charge is 2.15. The third-order valence-corrected chi connectivity index (χ3v) is 6.17. The summed E-state index contributed by atoms with van der Waals surface area (Å²) in [5.74, 6) is 0. The summed E-state index contributed by atoms with van der Waals surface area (Å²) in [6.07, 6.45) is 6.72. The van der Waals surface area contributed by atoms with Crippen molar-refractivity contribution in [2.75, 3.05) is 0 Å². The fraction of sp³-hybridized carbons (Fsp3) is 0. The van der Waals surface area contributed by atoms with E-state index in [0.29, 0.717) is 11.3 Å². The van der Waals surface area contributed by atoms with Crippen LogP contribution < -0.4 is 0 Å². The van der Waals surface area contributed by atoms with Crippen LogP contribution in [-0.4, -0.2) is 14.5 Å². The van der Waals surface area contributed by atoms with Crippen LogP contribution in [0.5, 0.6) is 0 Å². The van der Waals surface area contributed by atoms with Crippen molar-refractivity contribution in [1.29, 1.82) is 5.26 Å². The lowest BCUT2D eigenvalue weighted by Gasteiger charge is -2.10. The fourth-order valence-corrected chi connectivity index (χ4v) is 4.54. The van der Waals surface area contributed by atoms with Crippen LogP contribution in [0.1, 0.15) is 5.56 Å². The van der Waals surface area contributed by atoms with Crippen LogP contribution >= 0.6 is 0 Å². The van der Waals surface area contributed by atoms with Crippen LogP contribution in [0.2, 0.25) is 0 Å². The Labute approximate surface area is 202 Å². The number of nitriles is 1. The van der Waals surface area contributed by atoms with Crippen molar-refractivity contribution < 1.29 is 0 Å². The van der Waals surface area contributed by atoms with Gasteiger partial charge in [0, 0.05) is 46.8 Å². The maximum Gasteiger partial charge on any atom is 0.205 e. The van der Waals surface area contributed by atoms with Gasteiger partial charge in [0.25, 0.3) is 0 Å².